The number of carbonyl (C=O) groups is 8. The highest BCUT2D eigenvalue weighted by molar-refractivity contribution is 5.70. The van der Waals surface area contributed by atoms with Gasteiger partial charge in [-0.25, -0.2) is 9.18 Å². The van der Waals surface area contributed by atoms with Gasteiger partial charge in [-0.15, -0.1) is 0 Å². The summed E-state index contributed by atoms with van der Waals surface area (Å²) in [6.07, 6.45) is -21.3. The van der Waals surface area contributed by atoms with Crippen LogP contribution >= 0.6 is 0 Å². The molecule has 3 saturated heterocycles. The molecule has 3 aliphatic heterocycles. The summed E-state index contributed by atoms with van der Waals surface area (Å²) in [4.78, 5) is 97.8. The zero-order valence-corrected chi connectivity index (χ0v) is 27.5. The molecule has 0 radical (unpaired) electrons. The number of cyclic esters (lactones) is 2. The Labute approximate surface area is 278 Å². The van der Waals surface area contributed by atoms with Crippen molar-refractivity contribution in [2.75, 3.05) is 13.2 Å². The Morgan fingerprint density at radius 3 is 1.61 bits per heavy atom. The minimum Gasteiger partial charge on any atom is -0.462 e. The van der Waals surface area contributed by atoms with Crippen LogP contribution in [-0.4, -0.2) is 129 Å². The lowest BCUT2D eigenvalue weighted by atomic mass is 9.77. The lowest BCUT2D eigenvalue weighted by Gasteiger charge is -2.52. The zero-order chi connectivity index (χ0) is 36.7. The standard InChI is InChI=1S/C29H37FO19/c1-10(31)39-8-17(41-11(2)32)20-22(42-12(3)33)19(24(28(30)49-20)43-13(4)34)23-26(45-15(6)36)27(46-16(7)37)25(44-14(5)35)21(48-23)18-9-40-29(38)47-18/h17-28H,8-9H2,1-7H3/t17-,18-,19+,20+,21+,22-,23+,24-,25+,26+,27-,28?/m0/s1. The van der Waals surface area contributed by atoms with Crippen molar-refractivity contribution in [1.29, 1.82) is 0 Å². The smallest absolute Gasteiger partial charge is 0.462 e. The second kappa shape index (κ2) is 16.7. The number of hydrogen-bond acceptors (Lipinski definition) is 19. The van der Waals surface area contributed by atoms with Crippen LogP contribution < -0.4 is 0 Å². The summed E-state index contributed by atoms with van der Waals surface area (Å²) in [5.41, 5.74) is 0. The summed E-state index contributed by atoms with van der Waals surface area (Å²) in [7, 11) is 0. The normalized spacial score (nSPS) is 33.0. The first-order chi connectivity index (χ1) is 22.9. The van der Waals surface area contributed by atoms with Crippen LogP contribution in [0.15, 0.2) is 0 Å². The van der Waals surface area contributed by atoms with Gasteiger partial charge in [-0.1, -0.05) is 0 Å². The van der Waals surface area contributed by atoms with Gasteiger partial charge in [0, 0.05) is 48.5 Å². The Balaban J connectivity index is 2.31. The van der Waals surface area contributed by atoms with Gasteiger partial charge in [0.2, 0.25) is 6.36 Å². The van der Waals surface area contributed by atoms with E-state index in [2.05, 4.69) is 0 Å². The molecule has 3 aliphatic rings. The Kier molecular flexibility index (Phi) is 13.2. The molecular formula is C29H37FO19. The molecule has 3 fully saturated rings. The third-order valence-electron chi connectivity index (χ3n) is 7.24. The number of hydrogen-bond donors (Lipinski definition) is 0. The van der Waals surface area contributed by atoms with Crippen LogP contribution in [0.4, 0.5) is 9.18 Å². The van der Waals surface area contributed by atoms with Crippen molar-refractivity contribution in [3.05, 3.63) is 0 Å². The van der Waals surface area contributed by atoms with Crippen molar-refractivity contribution >= 4 is 47.9 Å². The van der Waals surface area contributed by atoms with Gasteiger partial charge in [0.05, 0.1) is 5.92 Å². The lowest BCUT2D eigenvalue weighted by Crippen LogP contribution is -2.71. The summed E-state index contributed by atoms with van der Waals surface area (Å²) < 4.78 is 75.5. The molecule has 49 heavy (non-hydrogen) atoms. The number of halogens is 1. The van der Waals surface area contributed by atoms with E-state index in [1.165, 1.54) is 0 Å². The third kappa shape index (κ3) is 10.2. The predicted octanol–water partition coefficient (Wildman–Crippen LogP) is -0.247. The summed E-state index contributed by atoms with van der Waals surface area (Å²) in [5, 5.41) is 0. The average Bonchev–Trinajstić information content (AvgIpc) is 3.39. The molecule has 0 aliphatic carbocycles. The molecule has 12 atom stereocenters. The first-order valence-electron chi connectivity index (χ1n) is 14.8. The topological polar surface area (TPSA) is 238 Å². The van der Waals surface area contributed by atoms with E-state index in [1.807, 2.05) is 0 Å². The van der Waals surface area contributed by atoms with Crippen LogP contribution in [-0.2, 0) is 85.7 Å². The average molecular weight is 709 g/mol. The Hall–Kier alpha value is -4.59. The van der Waals surface area contributed by atoms with E-state index in [1.54, 1.807) is 0 Å². The fourth-order valence-electron chi connectivity index (χ4n) is 5.82. The highest BCUT2D eigenvalue weighted by Crippen LogP contribution is 2.43. The third-order valence-corrected chi connectivity index (χ3v) is 7.24. The quantitative estimate of drug-likeness (QED) is 0.199. The van der Waals surface area contributed by atoms with Crippen LogP contribution in [0.25, 0.3) is 0 Å². The molecule has 19 nitrogen and oxygen atoms in total. The van der Waals surface area contributed by atoms with Gasteiger partial charge in [0.25, 0.3) is 0 Å². The number of alkyl halides is 1. The van der Waals surface area contributed by atoms with E-state index in [4.69, 9.17) is 52.1 Å². The molecule has 20 heteroatoms. The van der Waals surface area contributed by atoms with Crippen molar-refractivity contribution in [3.8, 4) is 0 Å². The Bertz CT molecular complexity index is 1300. The van der Waals surface area contributed by atoms with Gasteiger partial charge in [-0.3, -0.25) is 33.6 Å². The summed E-state index contributed by atoms with van der Waals surface area (Å²) in [6, 6.07) is 0. The number of rotatable bonds is 11. The van der Waals surface area contributed by atoms with Crippen molar-refractivity contribution in [1.82, 2.24) is 0 Å². The SMILES string of the molecule is CC(=O)OC[C@H](OC(C)=O)[C@H]1OC(F)[C@@H](OC(C)=O)[C@@H]([C@H]2O[C@H]([C@@H]3COC(=O)O3)[C@@H](OC(C)=O)[C@H](OC(C)=O)[C@@H]2OC(C)=O)[C@@H]1OC(C)=O. The maximum atomic E-state index is 16.2. The van der Waals surface area contributed by atoms with E-state index >= 15 is 4.39 Å². The fraction of sp³-hybridized carbons (Fsp3) is 0.724. The highest BCUT2D eigenvalue weighted by atomic mass is 19.1. The van der Waals surface area contributed by atoms with Crippen molar-refractivity contribution < 1.29 is 94.9 Å². The molecule has 0 aromatic carbocycles. The maximum absolute atomic E-state index is 16.2. The molecule has 0 aromatic rings. The van der Waals surface area contributed by atoms with Crippen molar-refractivity contribution in [2.45, 2.75) is 116 Å². The highest BCUT2D eigenvalue weighted by Gasteiger charge is 2.64. The first kappa shape index (κ1) is 38.9. The first-order valence-corrected chi connectivity index (χ1v) is 14.8. The minimum absolute atomic E-state index is 0.487. The fourth-order valence-corrected chi connectivity index (χ4v) is 5.82. The van der Waals surface area contributed by atoms with Crippen LogP contribution in [0.2, 0.25) is 0 Å². The van der Waals surface area contributed by atoms with Crippen LogP contribution in [0.3, 0.4) is 0 Å². The van der Waals surface area contributed by atoms with Gasteiger partial charge in [-0.2, -0.15) is 0 Å². The van der Waals surface area contributed by atoms with E-state index in [0.29, 0.717) is 0 Å². The van der Waals surface area contributed by atoms with Gasteiger partial charge in [0.1, 0.15) is 37.6 Å². The molecule has 3 rings (SSSR count). The number of esters is 7. The van der Waals surface area contributed by atoms with Gasteiger partial charge >= 0.3 is 47.9 Å². The molecule has 274 valence electrons. The molecule has 0 N–H and O–H groups in total. The number of ether oxygens (including phenoxy) is 11. The molecule has 3 heterocycles. The van der Waals surface area contributed by atoms with E-state index in [9.17, 15) is 38.4 Å². The molecule has 0 spiro atoms. The van der Waals surface area contributed by atoms with Crippen LogP contribution in [0, 0.1) is 5.92 Å². The molecule has 0 amide bonds. The van der Waals surface area contributed by atoms with Gasteiger partial charge in [0.15, 0.2) is 36.6 Å². The maximum Gasteiger partial charge on any atom is 0.508 e. The second-order valence-electron chi connectivity index (χ2n) is 11.1. The van der Waals surface area contributed by atoms with E-state index in [-0.39, 0.29) is 0 Å². The summed E-state index contributed by atoms with van der Waals surface area (Å²) in [6.45, 7) is 5.57. The molecule has 0 aromatic heterocycles. The number of carbonyl (C=O) groups excluding carboxylic acids is 8. The lowest BCUT2D eigenvalue weighted by molar-refractivity contribution is -0.319. The second-order valence-corrected chi connectivity index (χ2v) is 11.1. The van der Waals surface area contributed by atoms with E-state index < -0.39 is 134 Å². The summed E-state index contributed by atoms with van der Waals surface area (Å²) >= 11 is 0. The summed E-state index contributed by atoms with van der Waals surface area (Å²) in [5.74, 6) is -8.65. The monoisotopic (exact) mass is 708 g/mol. The van der Waals surface area contributed by atoms with Gasteiger partial charge in [-0.05, 0) is 0 Å². The van der Waals surface area contributed by atoms with Crippen molar-refractivity contribution in [3.63, 3.8) is 0 Å². The molecule has 0 saturated carbocycles. The van der Waals surface area contributed by atoms with Crippen LogP contribution in [0.5, 0.6) is 0 Å². The van der Waals surface area contributed by atoms with E-state index in [0.717, 1.165) is 48.5 Å². The molecule has 0 bridgehead atoms. The predicted molar refractivity (Wildman–Crippen MR) is 148 cm³/mol. The zero-order valence-electron chi connectivity index (χ0n) is 27.5. The minimum atomic E-state index is -2.62. The Morgan fingerprint density at radius 2 is 1.14 bits per heavy atom. The van der Waals surface area contributed by atoms with Crippen molar-refractivity contribution in [2.24, 2.45) is 5.92 Å². The van der Waals surface area contributed by atoms with Crippen LogP contribution in [0.1, 0.15) is 48.5 Å². The largest absolute Gasteiger partial charge is 0.508 e. The Morgan fingerprint density at radius 1 is 0.653 bits per heavy atom. The van der Waals surface area contributed by atoms with Gasteiger partial charge < -0.3 is 52.1 Å². The molecule has 1 unspecified atom stereocenters. The molecular weight excluding hydrogens is 671 g/mol.